The van der Waals surface area contributed by atoms with Crippen molar-refractivity contribution >= 4 is 31.1 Å². The van der Waals surface area contributed by atoms with E-state index in [0.717, 1.165) is 22.3 Å². The second-order valence-electron chi connectivity index (χ2n) is 11.3. The molecule has 0 radical (unpaired) electrons. The number of fused-ring (bicyclic) bond motifs is 4. The molecule has 44 heavy (non-hydrogen) atoms. The van der Waals surface area contributed by atoms with Gasteiger partial charge in [-0.3, -0.25) is 9.79 Å². The highest BCUT2D eigenvalue weighted by Crippen LogP contribution is 2.47. The number of esters is 1. The molecule has 3 aromatic rings. The first-order chi connectivity index (χ1) is 21.2. The number of benzene rings is 2. The summed E-state index contributed by atoms with van der Waals surface area (Å²) in [5, 5.41) is 2.02. The Kier molecular flexibility index (Phi) is 10.2. The van der Waals surface area contributed by atoms with Crippen molar-refractivity contribution < 1.29 is 23.3 Å². The quantitative estimate of drug-likeness (QED) is 0.187. The molecule has 0 saturated heterocycles. The Labute approximate surface area is 260 Å². The van der Waals surface area contributed by atoms with E-state index in [1.165, 1.54) is 0 Å². The molecule has 0 amide bonds. The van der Waals surface area contributed by atoms with Gasteiger partial charge in [-0.15, -0.1) is 0 Å². The van der Waals surface area contributed by atoms with Gasteiger partial charge in [0.15, 0.2) is 0 Å². The first-order valence-corrected chi connectivity index (χ1v) is 16.2. The maximum Gasteiger partial charge on any atom is 0.323 e. The molecule has 0 spiro atoms. The van der Waals surface area contributed by atoms with E-state index >= 15 is 0 Å². The molecule has 234 valence electrons. The Morgan fingerprint density at radius 3 is 2.61 bits per heavy atom. The molecule has 3 unspecified atom stereocenters. The number of hydrogen-bond donors (Lipinski definition) is 1. The Hall–Kier alpha value is -3.56. The van der Waals surface area contributed by atoms with Gasteiger partial charge >= 0.3 is 14.5 Å². The van der Waals surface area contributed by atoms with Crippen molar-refractivity contribution in [3.63, 3.8) is 0 Å². The number of aliphatic imine (C=N–C) groups is 1. The SMILES string of the molecule is CCOCc1nc2c(n1C[C@@H](C)OP(Oc1cccc3ccccc13)N(C)[C@@H](C)C(=O)OC(C)C)C1C=CC=CC1N=C2N. The summed E-state index contributed by atoms with van der Waals surface area (Å²) in [6.45, 7) is 10.8. The number of allylic oxidation sites excluding steroid dienone is 2. The van der Waals surface area contributed by atoms with Gasteiger partial charge in [-0.1, -0.05) is 60.7 Å². The number of ether oxygens (including phenoxy) is 2. The van der Waals surface area contributed by atoms with E-state index in [0.29, 0.717) is 37.0 Å². The van der Waals surface area contributed by atoms with Gasteiger partial charge in [0.25, 0.3) is 0 Å². The monoisotopic (exact) mass is 619 g/mol. The van der Waals surface area contributed by atoms with Crippen molar-refractivity contribution in [2.75, 3.05) is 13.7 Å². The van der Waals surface area contributed by atoms with Gasteiger partial charge < -0.3 is 28.8 Å². The predicted octanol–water partition coefficient (Wildman–Crippen LogP) is 5.85. The molecule has 0 fully saturated rings. The average molecular weight is 620 g/mol. The Morgan fingerprint density at radius 1 is 1.09 bits per heavy atom. The second kappa shape index (κ2) is 14.0. The summed E-state index contributed by atoms with van der Waals surface area (Å²) in [5.41, 5.74) is 8.10. The summed E-state index contributed by atoms with van der Waals surface area (Å²) in [5.74, 6) is 1.52. The van der Waals surface area contributed by atoms with Crippen LogP contribution in [-0.4, -0.2) is 64.0 Å². The first-order valence-electron chi connectivity index (χ1n) is 15.1. The minimum absolute atomic E-state index is 0.000629. The number of carbonyl (C=O) groups excluding carboxylic acids is 1. The van der Waals surface area contributed by atoms with Crippen molar-refractivity contribution in [2.24, 2.45) is 10.7 Å². The summed E-state index contributed by atoms with van der Waals surface area (Å²) < 4.78 is 28.6. The number of rotatable bonds is 13. The summed E-state index contributed by atoms with van der Waals surface area (Å²) in [6, 6.07) is 13.3. The lowest BCUT2D eigenvalue weighted by atomic mass is 9.88. The molecule has 2 aliphatic rings. The van der Waals surface area contributed by atoms with Crippen LogP contribution in [0.3, 0.4) is 0 Å². The van der Waals surface area contributed by atoms with Gasteiger partial charge in [-0.25, -0.2) is 9.65 Å². The fourth-order valence-electron chi connectivity index (χ4n) is 5.33. The molecule has 10 nitrogen and oxygen atoms in total. The van der Waals surface area contributed by atoms with Crippen molar-refractivity contribution in [1.82, 2.24) is 14.2 Å². The molecule has 2 heterocycles. The Balaban J connectivity index is 1.46. The highest BCUT2D eigenvalue weighted by molar-refractivity contribution is 7.45. The number of likely N-dealkylation sites (N-methyl/N-ethyl adjacent to an activating group) is 1. The minimum atomic E-state index is -1.75. The molecule has 2 N–H and O–H groups in total. The summed E-state index contributed by atoms with van der Waals surface area (Å²) >= 11 is 0. The van der Waals surface area contributed by atoms with Gasteiger partial charge in [0.05, 0.1) is 30.5 Å². The third kappa shape index (κ3) is 6.89. The topological polar surface area (TPSA) is 113 Å². The van der Waals surface area contributed by atoms with Gasteiger partial charge in [0, 0.05) is 17.9 Å². The number of amidine groups is 1. The normalized spacial score (nSPS) is 19.4. The molecule has 0 bridgehead atoms. The van der Waals surface area contributed by atoms with Crippen LogP contribution in [0, 0.1) is 0 Å². The van der Waals surface area contributed by atoms with Crippen LogP contribution >= 0.6 is 8.53 Å². The third-order valence-corrected chi connectivity index (χ3v) is 9.38. The number of carbonyl (C=O) groups is 1. The lowest BCUT2D eigenvalue weighted by Crippen LogP contribution is -2.37. The summed E-state index contributed by atoms with van der Waals surface area (Å²) in [7, 11) is 0.0782. The second-order valence-corrected chi connectivity index (χ2v) is 12.8. The van der Waals surface area contributed by atoms with Gasteiger partial charge in [-0.05, 0) is 53.1 Å². The zero-order valence-corrected chi connectivity index (χ0v) is 27.1. The maximum absolute atomic E-state index is 13.0. The molecule has 5 rings (SSSR count). The van der Waals surface area contributed by atoms with E-state index in [4.69, 9.17) is 34.2 Å². The van der Waals surface area contributed by atoms with Crippen LogP contribution in [0.5, 0.6) is 5.75 Å². The smallest absolute Gasteiger partial charge is 0.323 e. The number of hydrogen-bond acceptors (Lipinski definition) is 9. The first kappa shape index (κ1) is 31.9. The van der Waals surface area contributed by atoms with E-state index in [9.17, 15) is 4.79 Å². The molecular formula is C33H42N5O5P. The molecule has 2 aromatic carbocycles. The van der Waals surface area contributed by atoms with E-state index < -0.39 is 14.6 Å². The number of aromatic nitrogens is 2. The average Bonchev–Trinajstić information content (AvgIpc) is 3.37. The molecule has 11 heteroatoms. The van der Waals surface area contributed by atoms with E-state index in [1.807, 2.05) is 94.0 Å². The summed E-state index contributed by atoms with van der Waals surface area (Å²) in [4.78, 5) is 22.5. The lowest BCUT2D eigenvalue weighted by Gasteiger charge is -2.33. The molecule has 1 aliphatic carbocycles. The number of nitrogens with two attached hydrogens (primary N) is 1. The highest BCUT2D eigenvalue weighted by Gasteiger charge is 2.36. The van der Waals surface area contributed by atoms with Crippen LogP contribution in [0.1, 0.15) is 57.7 Å². The summed E-state index contributed by atoms with van der Waals surface area (Å²) in [6.07, 6.45) is 7.65. The number of imidazole rings is 1. The van der Waals surface area contributed by atoms with Crippen molar-refractivity contribution in [3.8, 4) is 5.75 Å². The van der Waals surface area contributed by atoms with Crippen LogP contribution in [0.4, 0.5) is 0 Å². The van der Waals surface area contributed by atoms with Crippen LogP contribution < -0.4 is 10.3 Å². The zero-order chi connectivity index (χ0) is 31.4. The van der Waals surface area contributed by atoms with Crippen LogP contribution in [0.2, 0.25) is 0 Å². The minimum Gasteiger partial charge on any atom is -0.462 e. The predicted molar refractivity (Wildman–Crippen MR) is 174 cm³/mol. The lowest BCUT2D eigenvalue weighted by molar-refractivity contribution is -0.151. The fourth-order valence-corrected chi connectivity index (χ4v) is 6.73. The standard InChI is InChI=1S/C33H42N5O5P/c1-7-40-20-29-36-30-31(26-16-10-11-17-27(26)35-32(30)34)38(29)19-22(4)42-44(37(6)23(5)33(39)41-21(2)3)43-28-18-12-14-24-13-8-9-15-25(24)28/h8-18,21-23,26-27H,7,19-20H2,1-6H3,(H2,34,35)/t22-,23+,26?,27?,44?/m1/s1. The van der Waals surface area contributed by atoms with E-state index in [2.05, 4.69) is 16.7 Å². The molecule has 1 aliphatic heterocycles. The zero-order valence-electron chi connectivity index (χ0n) is 26.2. The van der Waals surface area contributed by atoms with Crippen molar-refractivity contribution in [3.05, 3.63) is 84.0 Å². The van der Waals surface area contributed by atoms with Crippen molar-refractivity contribution in [1.29, 1.82) is 0 Å². The van der Waals surface area contributed by atoms with Crippen molar-refractivity contribution in [2.45, 2.75) is 78.0 Å². The molecule has 5 atom stereocenters. The van der Waals surface area contributed by atoms with Crippen LogP contribution in [0.25, 0.3) is 10.8 Å². The largest absolute Gasteiger partial charge is 0.462 e. The van der Waals surface area contributed by atoms with Crippen LogP contribution in [-0.2, 0) is 31.9 Å². The Morgan fingerprint density at radius 2 is 1.84 bits per heavy atom. The Bertz CT molecular complexity index is 1560. The molecule has 0 saturated carbocycles. The fraction of sp³-hybridized carbons (Fsp3) is 0.424. The van der Waals surface area contributed by atoms with Gasteiger partial charge in [-0.2, -0.15) is 0 Å². The highest BCUT2D eigenvalue weighted by atomic mass is 31.2. The maximum atomic E-state index is 13.0. The number of nitrogens with zero attached hydrogens (tertiary/aromatic N) is 4. The van der Waals surface area contributed by atoms with E-state index in [1.54, 1.807) is 6.92 Å². The molecular weight excluding hydrogens is 577 g/mol. The van der Waals surface area contributed by atoms with Gasteiger partial charge in [0.1, 0.15) is 35.8 Å². The van der Waals surface area contributed by atoms with Gasteiger partial charge in [0.2, 0.25) is 0 Å². The van der Waals surface area contributed by atoms with Crippen LogP contribution in [0.15, 0.2) is 71.8 Å². The third-order valence-electron chi connectivity index (χ3n) is 7.62. The molecule has 1 aromatic heterocycles. The van der Waals surface area contributed by atoms with E-state index in [-0.39, 0.29) is 30.1 Å².